The Labute approximate surface area is 218 Å². The second-order valence-electron chi connectivity index (χ2n) is 8.45. The summed E-state index contributed by atoms with van der Waals surface area (Å²) < 4.78 is 26.3. The number of hydrogen-bond donors (Lipinski definition) is 1. The van der Waals surface area contributed by atoms with Gasteiger partial charge in [-0.3, -0.25) is 13.9 Å². The quantitative estimate of drug-likeness (QED) is 0.391. The van der Waals surface area contributed by atoms with Gasteiger partial charge in [0.25, 0.3) is 0 Å². The standard InChI is InChI=1S/C25H33Cl2N3O4S/c1-5-7-13-28-25(32)23(6-2)29(16-19-11-12-21(26)22(27)15-19)24(31)17-30(35(4,33)34)20-10-8-9-18(3)14-20/h8-12,14-15,23H,5-7,13,16-17H2,1-4H3,(H,28,32)/t23-/m1/s1. The van der Waals surface area contributed by atoms with Crippen LogP contribution in [0.15, 0.2) is 42.5 Å². The summed E-state index contributed by atoms with van der Waals surface area (Å²) in [6, 6.07) is 11.1. The lowest BCUT2D eigenvalue weighted by molar-refractivity contribution is -0.140. The van der Waals surface area contributed by atoms with Crippen molar-refractivity contribution in [1.82, 2.24) is 10.2 Å². The van der Waals surface area contributed by atoms with E-state index in [4.69, 9.17) is 23.2 Å². The molecule has 2 aromatic carbocycles. The fourth-order valence-electron chi connectivity index (χ4n) is 3.66. The van der Waals surface area contributed by atoms with E-state index in [0.717, 1.165) is 29.0 Å². The number of amides is 2. The molecule has 1 N–H and O–H groups in total. The second-order valence-corrected chi connectivity index (χ2v) is 11.2. The highest BCUT2D eigenvalue weighted by Gasteiger charge is 2.31. The number of unbranched alkanes of at least 4 members (excludes halogenated alkanes) is 1. The fraction of sp³-hybridized carbons (Fsp3) is 0.440. The molecule has 0 fully saturated rings. The van der Waals surface area contributed by atoms with E-state index >= 15 is 0 Å². The highest BCUT2D eigenvalue weighted by Crippen LogP contribution is 2.25. The van der Waals surface area contributed by atoms with E-state index in [0.29, 0.717) is 34.3 Å². The van der Waals surface area contributed by atoms with Gasteiger partial charge >= 0.3 is 0 Å². The van der Waals surface area contributed by atoms with Gasteiger partial charge in [-0.2, -0.15) is 0 Å². The van der Waals surface area contributed by atoms with Crippen LogP contribution in [0, 0.1) is 6.92 Å². The third kappa shape index (κ3) is 8.40. The Morgan fingerprint density at radius 2 is 1.77 bits per heavy atom. The molecule has 192 valence electrons. The van der Waals surface area contributed by atoms with E-state index in [2.05, 4.69) is 5.32 Å². The zero-order chi connectivity index (χ0) is 26.2. The predicted octanol–water partition coefficient (Wildman–Crippen LogP) is 4.79. The summed E-state index contributed by atoms with van der Waals surface area (Å²) in [4.78, 5) is 28.1. The van der Waals surface area contributed by atoms with Gasteiger partial charge in [0, 0.05) is 13.1 Å². The average molecular weight is 543 g/mol. The van der Waals surface area contributed by atoms with E-state index in [1.165, 1.54) is 4.90 Å². The molecule has 7 nitrogen and oxygen atoms in total. The van der Waals surface area contributed by atoms with Crippen molar-refractivity contribution in [2.24, 2.45) is 0 Å². The van der Waals surface area contributed by atoms with Gasteiger partial charge in [0.1, 0.15) is 12.6 Å². The van der Waals surface area contributed by atoms with Crippen molar-refractivity contribution in [2.75, 3.05) is 23.7 Å². The summed E-state index contributed by atoms with van der Waals surface area (Å²) in [5, 5.41) is 3.59. The lowest BCUT2D eigenvalue weighted by Crippen LogP contribution is -2.52. The lowest BCUT2D eigenvalue weighted by atomic mass is 10.1. The normalized spacial score (nSPS) is 12.2. The number of sulfonamides is 1. The molecule has 0 saturated carbocycles. The molecular weight excluding hydrogens is 509 g/mol. The molecule has 0 aliphatic heterocycles. The van der Waals surface area contributed by atoms with Crippen LogP contribution < -0.4 is 9.62 Å². The van der Waals surface area contributed by atoms with Crippen molar-refractivity contribution in [3.63, 3.8) is 0 Å². The van der Waals surface area contributed by atoms with Gasteiger partial charge in [-0.1, -0.05) is 61.7 Å². The molecule has 0 heterocycles. The van der Waals surface area contributed by atoms with Gasteiger partial charge in [0.05, 0.1) is 22.0 Å². The molecule has 0 unspecified atom stereocenters. The van der Waals surface area contributed by atoms with Crippen LogP contribution in [0.2, 0.25) is 10.0 Å². The molecule has 0 bridgehead atoms. The molecule has 35 heavy (non-hydrogen) atoms. The third-order valence-electron chi connectivity index (χ3n) is 5.52. The maximum absolute atomic E-state index is 13.6. The summed E-state index contributed by atoms with van der Waals surface area (Å²) >= 11 is 12.2. The van der Waals surface area contributed by atoms with Gasteiger partial charge in [-0.15, -0.1) is 0 Å². The number of aryl methyl sites for hydroxylation is 1. The van der Waals surface area contributed by atoms with Gasteiger partial charge < -0.3 is 10.2 Å². The van der Waals surface area contributed by atoms with Gasteiger partial charge in [0.15, 0.2) is 0 Å². The Hall–Kier alpha value is -2.29. The van der Waals surface area contributed by atoms with E-state index in [9.17, 15) is 18.0 Å². The number of rotatable bonds is 12. The van der Waals surface area contributed by atoms with E-state index in [-0.39, 0.29) is 12.5 Å². The topological polar surface area (TPSA) is 86.8 Å². The number of nitrogens with zero attached hydrogens (tertiary/aromatic N) is 2. The molecule has 0 aliphatic carbocycles. The Kier molecular flexibility index (Phi) is 10.9. The molecule has 2 aromatic rings. The number of nitrogens with one attached hydrogen (secondary N) is 1. The van der Waals surface area contributed by atoms with Crippen LogP contribution >= 0.6 is 23.2 Å². The van der Waals surface area contributed by atoms with E-state index < -0.39 is 28.5 Å². The molecule has 0 spiro atoms. The Bertz CT molecular complexity index is 1140. The second kappa shape index (κ2) is 13.1. The summed E-state index contributed by atoms with van der Waals surface area (Å²) in [6.45, 7) is 5.81. The first-order valence-electron chi connectivity index (χ1n) is 11.5. The third-order valence-corrected chi connectivity index (χ3v) is 7.40. The number of anilines is 1. The van der Waals surface area contributed by atoms with Gasteiger partial charge in [0.2, 0.25) is 21.8 Å². The number of halogens is 2. The molecule has 10 heteroatoms. The first-order valence-corrected chi connectivity index (χ1v) is 14.1. The van der Waals surface area contributed by atoms with Crippen molar-refractivity contribution < 1.29 is 18.0 Å². The van der Waals surface area contributed by atoms with Crippen LogP contribution in [0.4, 0.5) is 5.69 Å². The van der Waals surface area contributed by atoms with Gasteiger partial charge in [-0.25, -0.2) is 8.42 Å². The largest absolute Gasteiger partial charge is 0.354 e. The van der Waals surface area contributed by atoms with E-state index in [1.54, 1.807) is 36.4 Å². The minimum absolute atomic E-state index is 0.0703. The van der Waals surface area contributed by atoms with Crippen LogP contribution in [0.25, 0.3) is 0 Å². The summed E-state index contributed by atoms with van der Waals surface area (Å²) in [7, 11) is -3.77. The van der Waals surface area contributed by atoms with Crippen LogP contribution in [-0.2, 0) is 26.2 Å². The SMILES string of the molecule is CCCCNC(=O)[C@@H](CC)N(Cc1ccc(Cl)c(Cl)c1)C(=O)CN(c1cccc(C)c1)S(C)(=O)=O. The van der Waals surface area contributed by atoms with Crippen molar-refractivity contribution in [2.45, 2.75) is 52.6 Å². The maximum atomic E-state index is 13.6. The molecule has 0 radical (unpaired) electrons. The highest BCUT2D eigenvalue weighted by molar-refractivity contribution is 7.92. The summed E-state index contributed by atoms with van der Waals surface area (Å²) in [5.41, 5.74) is 1.92. The lowest BCUT2D eigenvalue weighted by Gasteiger charge is -2.33. The van der Waals surface area contributed by atoms with Crippen LogP contribution in [-0.4, -0.2) is 50.5 Å². The van der Waals surface area contributed by atoms with Gasteiger partial charge in [-0.05, 0) is 55.2 Å². The smallest absolute Gasteiger partial charge is 0.244 e. The zero-order valence-electron chi connectivity index (χ0n) is 20.6. The maximum Gasteiger partial charge on any atom is 0.244 e. The molecule has 0 aliphatic rings. The minimum Gasteiger partial charge on any atom is -0.354 e. The monoisotopic (exact) mass is 541 g/mol. The first-order chi connectivity index (χ1) is 16.5. The Balaban J connectivity index is 2.42. The van der Waals surface area contributed by atoms with Crippen molar-refractivity contribution in [3.05, 3.63) is 63.6 Å². The highest BCUT2D eigenvalue weighted by atomic mass is 35.5. The number of carbonyl (C=O) groups is 2. The molecular formula is C25H33Cl2N3O4S. The average Bonchev–Trinajstić information content (AvgIpc) is 2.79. The molecule has 2 rings (SSSR count). The summed E-state index contributed by atoms with van der Waals surface area (Å²) in [5.74, 6) is -0.781. The first kappa shape index (κ1) is 28.9. The van der Waals surface area contributed by atoms with Crippen LogP contribution in [0.5, 0.6) is 0 Å². The molecule has 2 amide bonds. The Morgan fingerprint density at radius 3 is 2.34 bits per heavy atom. The minimum atomic E-state index is -3.77. The zero-order valence-corrected chi connectivity index (χ0v) is 22.9. The molecule has 1 atom stereocenters. The predicted molar refractivity (Wildman–Crippen MR) is 142 cm³/mol. The molecule has 0 saturated heterocycles. The number of hydrogen-bond acceptors (Lipinski definition) is 4. The molecule has 0 aromatic heterocycles. The number of benzene rings is 2. The summed E-state index contributed by atoms with van der Waals surface area (Å²) in [6.07, 6.45) is 3.15. The van der Waals surface area contributed by atoms with Crippen molar-refractivity contribution in [1.29, 1.82) is 0 Å². The fourth-order valence-corrected chi connectivity index (χ4v) is 4.82. The van der Waals surface area contributed by atoms with E-state index in [1.807, 2.05) is 26.8 Å². The Morgan fingerprint density at radius 1 is 1.06 bits per heavy atom. The van der Waals surface area contributed by atoms with Crippen molar-refractivity contribution >= 4 is 50.7 Å². The van der Waals surface area contributed by atoms with Crippen LogP contribution in [0.1, 0.15) is 44.2 Å². The van der Waals surface area contributed by atoms with Crippen LogP contribution in [0.3, 0.4) is 0 Å². The number of carbonyl (C=O) groups excluding carboxylic acids is 2. The van der Waals surface area contributed by atoms with Crippen molar-refractivity contribution in [3.8, 4) is 0 Å².